The molecule has 0 bridgehead atoms. The molecule has 0 heterocycles. The zero-order valence-corrected chi connectivity index (χ0v) is 19.0. The van der Waals surface area contributed by atoms with Gasteiger partial charge in [-0.25, -0.2) is 0 Å². The van der Waals surface area contributed by atoms with Crippen LogP contribution in [0.3, 0.4) is 0 Å². The molecule has 0 aliphatic carbocycles. The Bertz CT molecular complexity index is 1140. The fraction of sp³-hybridized carbons (Fsp3) is 0.0769. The molecule has 0 spiro atoms. The van der Waals surface area contributed by atoms with E-state index < -0.39 is 16.9 Å². The van der Waals surface area contributed by atoms with Crippen molar-refractivity contribution in [2.75, 3.05) is 6.26 Å². The molecule has 31 heavy (non-hydrogen) atoms. The van der Waals surface area contributed by atoms with Crippen molar-refractivity contribution >= 4 is 32.9 Å². The van der Waals surface area contributed by atoms with Gasteiger partial charge in [0.2, 0.25) is 0 Å². The first-order chi connectivity index (χ1) is 14.9. The molecule has 0 aromatic heterocycles. The van der Waals surface area contributed by atoms with Crippen LogP contribution in [0.15, 0.2) is 121 Å². The third kappa shape index (κ3) is 3.95. The molecule has 158 valence electrons. The van der Waals surface area contributed by atoms with Crippen LogP contribution in [0, 0.1) is 0 Å². The van der Waals surface area contributed by atoms with E-state index in [1.807, 2.05) is 121 Å². The van der Waals surface area contributed by atoms with Gasteiger partial charge in [0.05, 0.1) is 0 Å². The minimum atomic E-state index is -3.96. The zero-order chi connectivity index (χ0) is 21.8. The summed E-state index contributed by atoms with van der Waals surface area (Å²) in [4.78, 5) is 0. The molecule has 0 fully saturated rings. The van der Waals surface area contributed by atoms with Gasteiger partial charge in [0.15, 0.2) is 0 Å². The second-order valence-electron chi connectivity index (χ2n) is 7.64. The van der Waals surface area contributed by atoms with Gasteiger partial charge in [-0.1, -0.05) is 0 Å². The van der Waals surface area contributed by atoms with Crippen molar-refractivity contribution in [1.29, 1.82) is 0 Å². The standard InChI is InChI=1S/C26H25O3PS/c1-31(27,28)29-30(24-16-8-3-9-17-24,25-18-10-4-11-19-25,26-20-12-5-13-21-26)22-23-14-6-2-7-15-23/h2-21H,22H2,1H3. The van der Waals surface area contributed by atoms with Crippen LogP contribution in [0.1, 0.15) is 5.56 Å². The Hall–Kier alpha value is -2.78. The van der Waals surface area contributed by atoms with Crippen LogP contribution in [0.25, 0.3) is 0 Å². The Morgan fingerprint density at radius 3 is 1.23 bits per heavy atom. The minimum absolute atomic E-state index is 0.428. The van der Waals surface area contributed by atoms with Gasteiger partial charge >= 0.3 is 185 Å². The summed E-state index contributed by atoms with van der Waals surface area (Å²) in [6.07, 6.45) is 1.58. The van der Waals surface area contributed by atoms with E-state index in [1.54, 1.807) is 0 Å². The van der Waals surface area contributed by atoms with E-state index in [4.69, 9.17) is 3.97 Å². The molecular weight excluding hydrogens is 423 g/mol. The Kier molecular flexibility index (Phi) is 5.81. The maximum absolute atomic E-state index is 13.0. The number of hydrogen-bond donors (Lipinski definition) is 0. The summed E-state index contributed by atoms with van der Waals surface area (Å²) in [5.74, 6) is 0. The summed E-state index contributed by atoms with van der Waals surface area (Å²) in [6, 6.07) is 39.4. The van der Waals surface area contributed by atoms with Crippen LogP contribution in [-0.2, 0) is 20.3 Å². The molecular formula is C26H25O3PS. The van der Waals surface area contributed by atoms with Gasteiger partial charge < -0.3 is 0 Å². The van der Waals surface area contributed by atoms with Gasteiger partial charge in [0.25, 0.3) is 0 Å². The summed E-state index contributed by atoms with van der Waals surface area (Å²) in [6.45, 7) is -3.96. The van der Waals surface area contributed by atoms with E-state index in [0.717, 1.165) is 27.7 Å². The fourth-order valence-corrected chi connectivity index (χ4v) is 12.7. The van der Waals surface area contributed by atoms with Crippen molar-refractivity contribution in [2.45, 2.75) is 6.16 Å². The third-order valence-corrected chi connectivity index (χ3v) is 13.1. The predicted molar refractivity (Wildman–Crippen MR) is 131 cm³/mol. The zero-order valence-electron chi connectivity index (χ0n) is 17.3. The van der Waals surface area contributed by atoms with Gasteiger partial charge in [-0.3, -0.25) is 0 Å². The molecule has 0 radical (unpaired) electrons. The first-order valence-electron chi connectivity index (χ1n) is 10.1. The van der Waals surface area contributed by atoms with Crippen LogP contribution >= 0.6 is 6.83 Å². The molecule has 0 N–H and O–H groups in total. The average molecular weight is 449 g/mol. The van der Waals surface area contributed by atoms with Crippen molar-refractivity contribution < 1.29 is 12.4 Å². The predicted octanol–water partition coefficient (Wildman–Crippen LogP) is 4.61. The average Bonchev–Trinajstić information content (AvgIpc) is 2.80. The molecule has 0 atom stereocenters. The topological polar surface area (TPSA) is 43.4 Å². The van der Waals surface area contributed by atoms with Crippen LogP contribution in [0.4, 0.5) is 0 Å². The Balaban J connectivity index is 2.23. The maximum atomic E-state index is 13.0. The molecule has 0 saturated carbocycles. The second-order valence-corrected chi connectivity index (χ2v) is 13.9. The van der Waals surface area contributed by atoms with Crippen LogP contribution < -0.4 is 15.9 Å². The molecule has 3 nitrogen and oxygen atoms in total. The molecule has 5 heteroatoms. The van der Waals surface area contributed by atoms with Crippen molar-refractivity contribution in [3.8, 4) is 0 Å². The van der Waals surface area contributed by atoms with Crippen molar-refractivity contribution in [1.82, 2.24) is 0 Å². The quantitative estimate of drug-likeness (QED) is 0.388. The Morgan fingerprint density at radius 1 is 0.581 bits per heavy atom. The first kappa shape index (κ1) is 21.5. The van der Waals surface area contributed by atoms with E-state index in [-0.39, 0.29) is 0 Å². The van der Waals surface area contributed by atoms with Gasteiger partial charge in [0, 0.05) is 0 Å². The van der Waals surface area contributed by atoms with Gasteiger partial charge in [0.1, 0.15) is 0 Å². The molecule has 0 amide bonds. The van der Waals surface area contributed by atoms with Crippen molar-refractivity contribution in [2.24, 2.45) is 0 Å². The molecule has 4 aromatic carbocycles. The van der Waals surface area contributed by atoms with Gasteiger partial charge in [-0.05, 0) is 0 Å². The van der Waals surface area contributed by atoms with Crippen LogP contribution in [-0.4, -0.2) is 14.7 Å². The number of benzene rings is 4. The Labute approximate surface area is 184 Å². The summed E-state index contributed by atoms with van der Waals surface area (Å²) in [5, 5.41) is 2.63. The van der Waals surface area contributed by atoms with Crippen molar-refractivity contribution in [3.63, 3.8) is 0 Å². The summed E-state index contributed by atoms with van der Waals surface area (Å²) >= 11 is 0. The second kappa shape index (κ2) is 8.39. The van der Waals surface area contributed by atoms with E-state index >= 15 is 0 Å². The van der Waals surface area contributed by atoms with Gasteiger partial charge in [-0.2, -0.15) is 0 Å². The first-order valence-corrected chi connectivity index (χ1v) is 14.2. The molecule has 0 aliphatic heterocycles. The fourth-order valence-electron chi connectivity index (χ4n) is 4.34. The van der Waals surface area contributed by atoms with E-state index in [9.17, 15) is 8.42 Å². The summed E-state index contributed by atoms with van der Waals surface area (Å²) in [5.41, 5.74) is 1.01. The number of rotatable bonds is 7. The molecule has 4 aromatic rings. The number of hydrogen-bond acceptors (Lipinski definition) is 3. The Morgan fingerprint density at radius 2 is 0.903 bits per heavy atom. The van der Waals surface area contributed by atoms with E-state index in [2.05, 4.69) is 0 Å². The van der Waals surface area contributed by atoms with Crippen LogP contribution in [0.2, 0.25) is 0 Å². The van der Waals surface area contributed by atoms with E-state index in [1.165, 1.54) is 0 Å². The van der Waals surface area contributed by atoms with E-state index in [0.29, 0.717) is 6.16 Å². The third-order valence-electron chi connectivity index (χ3n) is 5.53. The molecule has 0 saturated heterocycles. The molecule has 0 unspecified atom stereocenters. The van der Waals surface area contributed by atoms with Crippen molar-refractivity contribution in [3.05, 3.63) is 127 Å². The molecule has 0 aliphatic rings. The van der Waals surface area contributed by atoms with Gasteiger partial charge in [-0.15, -0.1) is 0 Å². The summed E-state index contributed by atoms with van der Waals surface area (Å²) in [7, 11) is -3.85. The normalized spacial score (nSPS) is 13.3. The monoisotopic (exact) mass is 448 g/mol. The van der Waals surface area contributed by atoms with Crippen LogP contribution in [0.5, 0.6) is 0 Å². The molecule has 4 rings (SSSR count). The SMILES string of the molecule is CS(=O)(=O)OP(Cc1ccccc1)(c1ccccc1)(c1ccccc1)c1ccccc1. The summed E-state index contributed by atoms with van der Waals surface area (Å²) < 4.78 is 32.4.